The van der Waals surface area contributed by atoms with Crippen molar-refractivity contribution in [2.45, 2.75) is 70.0 Å². The Balaban J connectivity index is 1.57. The summed E-state index contributed by atoms with van der Waals surface area (Å²) in [7, 11) is 0. The second-order valence-corrected chi connectivity index (χ2v) is 6.94. The van der Waals surface area contributed by atoms with Gasteiger partial charge in [0.25, 0.3) is 5.91 Å². The van der Waals surface area contributed by atoms with E-state index in [-0.39, 0.29) is 24.1 Å². The summed E-state index contributed by atoms with van der Waals surface area (Å²) in [5.74, 6) is -0.457. The van der Waals surface area contributed by atoms with Crippen molar-refractivity contribution >= 4 is 17.6 Å². The number of amides is 1. The maximum Gasteiger partial charge on any atom is 0.338 e. The second kappa shape index (κ2) is 8.99. The van der Waals surface area contributed by atoms with Gasteiger partial charge in [0.2, 0.25) is 0 Å². The molecule has 5 heteroatoms. The molecule has 2 aliphatic rings. The van der Waals surface area contributed by atoms with Crippen molar-refractivity contribution in [3.63, 3.8) is 0 Å². The first-order valence-corrected chi connectivity index (χ1v) is 9.46. The molecule has 0 spiro atoms. The van der Waals surface area contributed by atoms with Crippen molar-refractivity contribution < 1.29 is 19.1 Å². The van der Waals surface area contributed by atoms with Gasteiger partial charge in [0.05, 0.1) is 5.56 Å². The molecular weight excluding hydrogens is 318 g/mol. The summed E-state index contributed by atoms with van der Waals surface area (Å²) in [4.78, 5) is 24.6. The summed E-state index contributed by atoms with van der Waals surface area (Å²) < 4.78 is 11.1. The zero-order chi connectivity index (χ0) is 17.5. The van der Waals surface area contributed by atoms with E-state index in [1.54, 1.807) is 24.3 Å². The van der Waals surface area contributed by atoms with Crippen LogP contribution in [-0.4, -0.2) is 30.7 Å². The molecule has 1 unspecified atom stereocenters. The maximum atomic E-state index is 12.4. The minimum atomic E-state index is -0.384. The highest BCUT2D eigenvalue weighted by Crippen LogP contribution is 2.22. The lowest BCUT2D eigenvalue weighted by molar-refractivity contribution is -0.124. The third-order valence-electron chi connectivity index (χ3n) is 4.91. The SMILES string of the molecule is O=C(OC1CCCCCCC1)c1cccc(NC(=O)C2CCCO2)c1. The number of benzene rings is 1. The summed E-state index contributed by atoms with van der Waals surface area (Å²) in [5, 5.41) is 2.83. The quantitative estimate of drug-likeness (QED) is 0.835. The first-order valence-electron chi connectivity index (χ1n) is 9.46. The first-order chi connectivity index (χ1) is 12.2. The van der Waals surface area contributed by atoms with E-state index in [4.69, 9.17) is 9.47 Å². The van der Waals surface area contributed by atoms with Gasteiger partial charge in [-0.1, -0.05) is 25.3 Å². The summed E-state index contributed by atoms with van der Waals surface area (Å²) >= 11 is 0. The minimum absolute atomic E-state index is 0.0120. The van der Waals surface area contributed by atoms with Gasteiger partial charge in [-0.15, -0.1) is 0 Å². The average Bonchev–Trinajstić information content (AvgIpc) is 3.12. The van der Waals surface area contributed by atoms with Gasteiger partial charge in [-0.3, -0.25) is 4.79 Å². The Morgan fingerprint density at radius 2 is 1.76 bits per heavy atom. The Morgan fingerprint density at radius 3 is 2.48 bits per heavy atom. The Hall–Kier alpha value is -1.88. The van der Waals surface area contributed by atoms with Crippen LogP contribution < -0.4 is 5.32 Å². The Morgan fingerprint density at radius 1 is 1.00 bits per heavy atom. The van der Waals surface area contributed by atoms with Gasteiger partial charge in [-0.25, -0.2) is 4.79 Å². The van der Waals surface area contributed by atoms with Crippen LogP contribution in [0.2, 0.25) is 0 Å². The number of nitrogens with one attached hydrogen (secondary N) is 1. The number of ether oxygens (including phenoxy) is 2. The number of carbonyl (C=O) groups excluding carboxylic acids is 2. The van der Waals surface area contributed by atoms with Gasteiger partial charge in [-0.05, 0) is 56.7 Å². The van der Waals surface area contributed by atoms with Crippen LogP contribution in [0.3, 0.4) is 0 Å². The van der Waals surface area contributed by atoms with Crippen molar-refractivity contribution in [1.82, 2.24) is 0 Å². The van der Waals surface area contributed by atoms with E-state index >= 15 is 0 Å². The molecule has 1 amide bonds. The summed E-state index contributed by atoms with van der Waals surface area (Å²) in [6.45, 7) is 0.631. The molecule has 0 radical (unpaired) electrons. The molecule has 1 atom stereocenters. The average molecular weight is 345 g/mol. The van der Waals surface area contributed by atoms with Gasteiger partial charge in [0.1, 0.15) is 12.2 Å². The Kier molecular flexibility index (Phi) is 6.45. The minimum Gasteiger partial charge on any atom is -0.459 e. The van der Waals surface area contributed by atoms with E-state index < -0.39 is 0 Å². The topological polar surface area (TPSA) is 64.6 Å². The molecule has 1 saturated heterocycles. The molecule has 1 heterocycles. The van der Waals surface area contributed by atoms with Crippen molar-refractivity contribution in [1.29, 1.82) is 0 Å². The lowest BCUT2D eigenvalue weighted by Crippen LogP contribution is -2.27. The molecule has 0 aromatic heterocycles. The molecule has 5 nitrogen and oxygen atoms in total. The highest BCUT2D eigenvalue weighted by molar-refractivity contribution is 5.96. The molecule has 1 aliphatic carbocycles. The maximum absolute atomic E-state index is 12.4. The molecule has 1 aliphatic heterocycles. The third kappa shape index (κ3) is 5.30. The van der Waals surface area contributed by atoms with Crippen LogP contribution in [0.4, 0.5) is 5.69 Å². The van der Waals surface area contributed by atoms with Crippen LogP contribution in [0.25, 0.3) is 0 Å². The monoisotopic (exact) mass is 345 g/mol. The highest BCUT2D eigenvalue weighted by Gasteiger charge is 2.24. The van der Waals surface area contributed by atoms with E-state index in [1.807, 2.05) is 0 Å². The van der Waals surface area contributed by atoms with Crippen LogP contribution >= 0.6 is 0 Å². The molecular formula is C20H27NO4. The fraction of sp³-hybridized carbons (Fsp3) is 0.600. The number of anilines is 1. The van der Waals surface area contributed by atoms with Crippen molar-refractivity contribution in [3.05, 3.63) is 29.8 Å². The highest BCUT2D eigenvalue weighted by atomic mass is 16.5. The number of rotatable bonds is 4. The number of esters is 1. The molecule has 0 bridgehead atoms. The molecule has 25 heavy (non-hydrogen) atoms. The largest absolute Gasteiger partial charge is 0.459 e. The molecule has 1 N–H and O–H groups in total. The lowest BCUT2D eigenvalue weighted by Gasteiger charge is -2.20. The van der Waals surface area contributed by atoms with Gasteiger partial charge in [0, 0.05) is 12.3 Å². The van der Waals surface area contributed by atoms with Gasteiger partial charge in [0.15, 0.2) is 0 Å². The summed E-state index contributed by atoms with van der Waals surface area (Å²) in [6, 6.07) is 6.95. The van der Waals surface area contributed by atoms with Gasteiger partial charge in [-0.2, -0.15) is 0 Å². The lowest BCUT2D eigenvalue weighted by atomic mass is 9.98. The molecule has 2 fully saturated rings. The Bertz CT molecular complexity index is 587. The second-order valence-electron chi connectivity index (χ2n) is 6.94. The zero-order valence-electron chi connectivity index (χ0n) is 14.7. The van der Waals surface area contributed by atoms with E-state index in [9.17, 15) is 9.59 Å². The molecule has 1 aromatic rings. The van der Waals surface area contributed by atoms with Crippen LogP contribution in [-0.2, 0) is 14.3 Å². The standard InChI is InChI=1S/C20H27NO4/c22-19(18-12-7-13-24-18)21-16-9-6-8-15(14-16)20(23)25-17-10-4-2-1-3-5-11-17/h6,8-9,14,17-18H,1-5,7,10-13H2,(H,21,22). The van der Waals surface area contributed by atoms with Crippen LogP contribution in [0.15, 0.2) is 24.3 Å². The smallest absolute Gasteiger partial charge is 0.338 e. The van der Waals surface area contributed by atoms with Crippen LogP contribution in [0, 0.1) is 0 Å². The van der Waals surface area contributed by atoms with Crippen LogP contribution in [0.1, 0.15) is 68.1 Å². The van der Waals surface area contributed by atoms with Gasteiger partial charge < -0.3 is 14.8 Å². The fourth-order valence-electron chi connectivity index (χ4n) is 3.49. The zero-order valence-corrected chi connectivity index (χ0v) is 14.7. The molecule has 136 valence electrons. The number of hydrogen-bond acceptors (Lipinski definition) is 4. The summed E-state index contributed by atoms with van der Waals surface area (Å²) in [5.41, 5.74) is 1.08. The van der Waals surface area contributed by atoms with E-state index in [0.29, 0.717) is 17.9 Å². The van der Waals surface area contributed by atoms with Crippen molar-refractivity contribution in [2.24, 2.45) is 0 Å². The number of hydrogen-bond donors (Lipinski definition) is 1. The third-order valence-corrected chi connectivity index (χ3v) is 4.91. The predicted octanol–water partition coefficient (Wildman–Crippen LogP) is 4.07. The van der Waals surface area contributed by atoms with E-state index in [0.717, 1.165) is 38.5 Å². The normalized spacial score (nSPS) is 22.0. The van der Waals surface area contributed by atoms with E-state index in [1.165, 1.54) is 19.3 Å². The first kappa shape index (κ1) is 17.9. The molecule has 1 saturated carbocycles. The fourth-order valence-corrected chi connectivity index (χ4v) is 3.49. The van der Waals surface area contributed by atoms with Crippen molar-refractivity contribution in [2.75, 3.05) is 11.9 Å². The predicted molar refractivity (Wildman–Crippen MR) is 95.6 cm³/mol. The van der Waals surface area contributed by atoms with Gasteiger partial charge >= 0.3 is 5.97 Å². The molecule has 3 rings (SSSR count). The summed E-state index contributed by atoms with van der Waals surface area (Å²) in [6.07, 6.45) is 9.14. The van der Waals surface area contributed by atoms with Crippen molar-refractivity contribution in [3.8, 4) is 0 Å². The number of carbonyl (C=O) groups is 2. The van der Waals surface area contributed by atoms with E-state index in [2.05, 4.69) is 5.32 Å². The Labute approximate surface area is 149 Å². The van der Waals surface area contributed by atoms with Crippen LogP contribution in [0.5, 0.6) is 0 Å². The molecule has 1 aromatic carbocycles.